The lowest BCUT2D eigenvalue weighted by Gasteiger charge is -2.07. The average molecular weight is 405 g/mol. The molecule has 0 aliphatic heterocycles. The van der Waals surface area contributed by atoms with Crippen molar-refractivity contribution in [1.29, 1.82) is 0 Å². The molecule has 2 heterocycles. The number of aryl methyl sites for hydroxylation is 1. The zero-order valence-corrected chi connectivity index (χ0v) is 15.7. The molecule has 0 radical (unpaired) electrons. The van der Waals surface area contributed by atoms with Gasteiger partial charge >= 0.3 is 0 Å². The second-order valence-electron chi connectivity index (χ2n) is 6.24. The maximum absolute atomic E-state index is 13.0. The van der Waals surface area contributed by atoms with Crippen LogP contribution in [0.1, 0.15) is 12.3 Å². The van der Waals surface area contributed by atoms with Crippen LogP contribution < -0.4 is 10.1 Å². The molecule has 4 rings (SSSR count). The number of rotatable bonds is 7. The Hall–Kier alpha value is -4.14. The molecule has 0 spiro atoms. The summed E-state index contributed by atoms with van der Waals surface area (Å²) in [7, 11) is 0. The molecule has 0 unspecified atom stereocenters. The van der Waals surface area contributed by atoms with Crippen LogP contribution in [0.25, 0.3) is 11.4 Å². The van der Waals surface area contributed by atoms with Crippen LogP contribution in [0, 0.1) is 5.82 Å². The first-order valence-corrected chi connectivity index (χ1v) is 9.08. The summed E-state index contributed by atoms with van der Waals surface area (Å²) in [5.41, 5.74) is 1.22. The number of carbonyl (C=O) groups excluding carboxylic acids is 1. The molecular formula is C21H16FN5O3. The minimum atomic E-state index is -0.342. The monoisotopic (exact) mass is 405 g/mol. The highest BCUT2D eigenvalue weighted by Crippen LogP contribution is 2.22. The number of hydrogen-bond donors (Lipinski definition) is 1. The second-order valence-corrected chi connectivity index (χ2v) is 6.24. The van der Waals surface area contributed by atoms with Crippen molar-refractivity contribution >= 4 is 11.6 Å². The van der Waals surface area contributed by atoms with E-state index >= 15 is 0 Å². The van der Waals surface area contributed by atoms with Gasteiger partial charge in [0.25, 0.3) is 0 Å². The molecule has 0 saturated carbocycles. The molecule has 2 aromatic carbocycles. The van der Waals surface area contributed by atoms with Crippen LogP contribution in [0.4, 0.5) is 10.1 Å². The fourth-order valence-electron chi connectivity index (χ4n) is 2.61. The van der Waals surface area contributed by atoms with Gasteiger partial charge in [-0.25, -0.2) is 9.37 Å². The molecule has 9 heteroatoms. The maximum Gasteiger partial charge on any atom is 0.237 e. The van der Waals surface area contributed by atoms with Gasteiger partial charge in [0, 0.05) is 42.6 Å². The van der Waals surface area contributed by atoms with E-state index in [0.29, 0.717) is 34.6 Å². The molecule has 1 N–H and O–H groups in total. The second kappa shape index (κ2) is 8.91. The Morgan fingerprint density at radius 2 is 2.00 bits per heavy atom. The number of aromatic nitrogens is 4. The van der Waals surface area contributed by atoms with E-state index in [4.69, 9.17) is 9.26 Å². The lowest BCUT2D eigenvalue weighted by molar-refractivity contribution is -0.116. The smallest absolute Gasteiger partial charge is 0.237 e. The number of nitrogens with zero attached hydrogens (tertiary/aromatic N) is 4. The van der Waals surface area contributed by atoms with Crippen LogP contribution in [0.15, 0.2) is 71.6 Å². The normalized spacial score (nSPS) is 10.6. The van der Waals surface area contributed by atoms with Gasteiger partial charge in [0.15, 0.2) is 0 Å². The van der Waals surface area contributed by atoms with Crippen molar-refractivity contribution in [1.82, 2.24) is 20.1 Å². The van der Waals surface area contributed by atoms with E-state index < -0.39 is 0 Å². The van der Waals surface area contributed by atoms with Crippen molar-refractivity contribution in [2.24, 2.45) is 0 Å². The first kappa shape index (κ1) is 19.2. The van der Waals surface area contributed by atoms with E-state index in [-0.39, 0.29) is 24.6 Å². The number of benzene rings is 2. The lowest BCUT2D eigenvalue weighted by Crippen LogP contribution is -2.12. The Bertz CT molecular complexity index is 1130. The molecule has 0 atom stereocenters. The molecular weight excluding hydrogens is 389 g/mol. The van der Waals surface area contributed by atoms with Crippen molar-refractivity contribution in [3.63, 3.8) is 0 Å². The number of carbonyl (C=O) groups is 1. The average Bonchev–Trinajstić information content (AvgIpc) is 3.23. The van der Waals surface area contributed by atoms with E-state index in [9.17, 15) is 9.18 Å². The third kappa shape index (κ3) is 5.02. The first-order valence-electron chi connectivity index (χ1n) is 9.08. The predicted octanol–water partition coefficient (Wildman–Crippen LogP) is 4.03. The summed E-state index contributed by atoms with van der Waals surface area (Å²) in [4.78, 5) is 24.5. The molecule has 150 valence electrons. The first-order chi connectivity index (χ1) is 14.7. The van der Waals surface area contributed by atoms with Gasteiger partial charge in [0.05, 0.1) is 6.20 Å². The lowest BCUT2D eigenvalue weighted by atomic mass is 10.2. The summed E-state index contributed by atoms with van der Waals surface area (Å²) in [6, 6.07) is 12.7. The van der Waals surface area contributed by atoms with Crippen LogP contribution >= 0.6 is 0 Å². The van der Waals surface area contributed by atoms with Crippen molar-refractivity contribution in [3.05, 3.63) is 78.8 Å². The van der Waals surface area contributed by atoms with Crippen LogP contribution in [-0.2, 0) is 11.2 Å². The minimum Gasteiger partial charge on any atom is -0.437 e. The van der Waals surface area contributed by atoms with E-state index in [1.807, 2.05) is 0 Å². The van der Waals surface area contributed by atoms with Crippen LogP contribution in [-0.4, -0.2) is 26.0 Å². The highest BCUT2D eigenvalue weighted by molar-refractivity contribution is 5.90. The molecule has 0 saturated heterocycles. The summed E-state index contributed by atoms with van der Waals surface area (Å²) in [5.74, 6) is 0.991. The Kier molecular flexibility index (Phi) is 5.70. The Morgan fingerprint density at radius 1 is 1.13 bits per heavy atom. The molecule has 4 aromatic rings. The summed E-state index contributed by atoms with van der Waals surface area (Å²) < 4.78 is 23.8. The van der Waals surface area contributed by atoms with E-state index in [1.54, 1.807) is 42.6 Å². The molecule has 2 aromatic heterocycles. The quantitative estimate of drug-likeness (QED) is 0.495. The zero-order chi connectivity index (χ0) is 20.8. The minimum absolute atomic E-state index is 0.153. The van der Waals surface area contributed by atoms with Gasteiger partial charge in [0.2, 0.25) is 23.5 Å². The molecule has 1 amide bonds. The van der Waals surface area contributed by atoms with Gasteiger partial charge in [-0.2, -0.15) is 4.98 Å². The third-order valence-electron chi connectivity index (χ3n) is 4.02. The number of halogens is 1. The number of amides is 1. The summed E-state index contributed by atoms with van der Waals surface area (Å²) in [5, 5.41) is 6.66. The summed E-state index contributed by atoms with van der Waals surface area (Å²) >= 11 is 0. The molecule has 30 heavy (non-hydrogen) atoms. The Balaban J connectivity index is 1.32. The molecule has 8 nitrogen and oxygen atoms in total. The molecule has 0 aliphatic carbocycles. The highest BCUT2D eigenvalue weighted by Gasteiger charge is 2.11. The number of nitrogens with one attached hydrogen (secondary N) is 1. The number of anilines is 1. The van der Waals surface area contributed by atoms with Gasteiger partial charge in [-0.05, 0) is 36.4 Å². The molecule has 0 bridgehead atoms. The van der Waals surface area contributed by atoms with E-state index in [1.165, 1.54) is 24.5 Å². The molecule has 0 fully saturated rings. The maximum atomic E-state index is 13.0. The van der Waals surface area contributed by atoms with Gasteiger partial charge < -0.3 is 14.6 Å². The van der Waals surface area contributed by atoms with Gasteiger partial charge in [0.1, 0.15) is 11.6 Å². The SMILES string of the molecule is O=C(CCc1nc(-c2ccc(F)cc2)no1)Nc1cccc(Oc2cnccn2)c1. The number of hydrogen-bond acceptors (Lipinski definition) is 7. The van der Waals surface area contributed by atoms with Crippen molar-refractivity contribution in [3.8, 4) is 23.0 Å². The van der Waals surface area contributed by atoms with Crippen LogP contribution in [0.5, 0.6) is 11.6 Å². The van der Waals surface area contributed by atoms with Crippen LogP contribution in [0.3, 0.4) is 0 Å². The zero-order valence-electron chi connectivity index (χ0n) is 15.7. The molecule has 0 aliphatic rings. The number of ether oxygens (including phenoxy) is 1. The van der Waals surface area contributed by atoms with Gasteiger partial charge in [-0.3, -0.25) is 9.78 Å². The van der Waals surface area contributed by atoms with Crippen molar-refractivity contribution in [2.75, 3.05) is 5.32 Å². The van der Waals surface area contributed by atoms with Gasteiger partial charge in [-0.15, -0.1) is 0 Å². The topological polar surface area (TPSA) is 103 Å². The predicted molar refractivity (Wildman–Crippen MR) is 105 cm³/mol. The fraction of sp³-hybridized carbons (Fsp3) is 0.0952. The third-order valence-corrected chi connectivity index (χ3v) is 4.02. The van der Waals surface area contributed by atoms with Crippen molar-refractivity contribution < 1.29 is 18.4 Å². The van der Waals surface area contributed by atoms with Gasteiger partial charge in [-0.1, -0.05) is 11.2 Å². The fourth-order valence-corrected chi connectivity index (χ4v) is 2.61. The highest BCUT2D eigenvalue weighted by atomic mass is 19.1. The Morgan fingerprint density at radius 3 is 2.80 bits per heavy atom. The van der Waals surface area contributed by atoms with Crippen molar-refractivity contribution in [2.45, 2.75) is 12.8 Å². The van der Waals surface area contributed by atoms with E-state index in [2.05, 4.69) is 25.4 Å². The largest absolute Gasteiger partial charge is 0.437 e. The summed E-state index contributed by atoms with van der Waals surface area (Å²) in [6.07, 6.45) is 5.00. The standard InChI is InChI=1S/C21H16FN5O3/c22-15-6-4-14(5-7-15)21-26-19(30-27-21)9-8-18(28)25-16-2-1-3-17(12-16)29-20-13-23-10-11-24-20/h1-7,10-13H,8-9H2,(H,25,28). The van der Waals surface area contributed by atoms with Crippen LogP contribution in [0.2, 0.25) is 0 Å². The Labute approximate surface area is 170 Å². The van der Waals surface area contributed by atoms with E-state index in [0.717, 1.165) is 0 Å². The summed E-state index contributed by atoms with van der Waals surface area (Å²) in [6.45, 7) is 0.